The molecule has 1 aliphatic rings. The van der Waals surface area contributed by atoms with Crippen molar-refractivity contribution in [2.75, 3.05) is 18.0 Å². The summed E-state index contributed by atoms with van der Waals surface area (Å²) in [6.07, 6.45) is 6.49. The molecule has 2 aromatic rings. The Hall–Kier alpha value is -1.21. The van der Waals surface area contributed by atoms with E-state index in [0.717, 1.165) is 48.4 Å². The Bertz CT molecular complexity index is 587. The topological polar surface area (TPSA) is 72.3 Å². The molecule has 0 saturated carbocycles. The third-order valence-electron chi connectivity index (χ3n) is 4.02. The SMILES string of the molecule is CCC1(N)CCN(c2ncc(Br)c3nncn23)CC1. The quantitative estimate of drug-likeness (QED) is 0.908. The Morgan fingerprint density at radius 3 is 2.84 bits per heavy atom. The van der Waals surface area contributed by atoms with Crippen LogP contribution in [0.5, 0.6) is 0 Å². The van der Waals surface area contributed by atoms with Crippen molar-refractivity contribution in [2.24, 2.45) is 5.73 Å². The van der Waals surface area contributed by atoms with Crippen molar-refractivity contribution >= 4 is 27.5 Å². The van der Waals surface area contributed by atoms with Crippen LogP contribution < -0.4 is 10.6 Å². The van der Waals surface area contributed by atoms with Crippen LogP contribution in [0.15, 0.2) is 17.0 Å². The number of nitrogens with two attached hydrogens (primary N) is 1. The van der Waals surface area contributed by atoms with Crippen LogP contribution in [-0.2, 0) is 0 Å². The fraction of sp³-hybridized carbons (Fsp3) is 0.583. The van der Waals surface area contributed by atoms with Crippen LogP contribution >= 0.6 is 15.9 Å². The van der Waals surface area contributed by atoms with Gasteiger partial charge in [-0.3, -0.25) is 0 Å². The van der Waals surface area contributed by atoms with Gasteiger partial charge >= 0.3 is 0 Å². The van der Waals surface area contributed by atoms with E-state index in [1.807, 2.05) is 4.40 Å². The first kappa shape index (κ1) is 12.8. The van der Waals surface area contributed by atoms with E-state index in [4.69, 9.17) is 5.73 Å². The zero-order chi connectivity index (χ0) is 13.5. The summed E-state index contributed by atoms with van der Waals surface area (Å²) >= 11 is 3.44. The Morgan fingerprint density at radius 1 is 1.42 bits per heavy atom. The van der Waals surface area contributed by atoms with Gasteiger partial charge in [-0.1, -0.05) is 6.92 Å². The summed E-state index contributed by atoms with van der Waals surface area (Å²) in [7, 11) is 0. The maximum absolute atomic E-state index is 6.33. The van der Waals surface area contributed by atoms with Crippen LogP contribution in [0.3, 0.4) is 0 Å². The molecule has 1 saturated heterocycles. The molecule has 1 fully saturated rings. The second-order valence-electron chi connectivity index (χ2n) is 5.13. The molecule has 6 nitrogen and oxygen atoms in total. The van der Waals surface area contributed by atoms with Gasteiger partial charge in [-0.25, -0.2) is 9.38 Å². The summed E-state index contributed by atoms with van der Waals surface area (Å²) in [6, 6.07) is 0. The van der Waals surface area contributed by atoms with Crippen molar-refractivity contribution < 1.29 is 0 Å². The number of halogens is 1. The number of rotatable bonds is 2. The van der Waals surface area contributed by atoms with Crippen LogP contribution in [0.4, 0.5) is 5.95 Å². The van der Waals surface area contributed by atoms with Gasteiger partial charge in [0.25, 0.3) is 0 Å². The van der Waals surface area contributed by atoms with E-state index in [1.54, 1.807) is 12.5 Å². The number of hydrogen-bond donors (Lipinski definition) is 1. The van der Waals surface area contributed by atoms with Crippen molar-refractivity contribution in [1.82, 2.24) is 19.6 Å². The van der Waals surface area contributed by atoms with Gasteiger partial charge in [0.1, 0.15) is 6.33 Å². The molecule has 7 heteroatoms. The molecular weight excluding hydrogens is 308 g/mol. The van der Waals surface area contributed by atoms with Crippen molar-refractivity contribution in [3.63, 3.8) is 0 Å². The average Bonchev–Trinajstić information content (AvgIpc) is 2.91. The largest absolute Gasteiger partial charge is 0.342 e. The normalized spacial score (nSPS) is 19.0. The minimum absolute atomic E-state index is 0.0157. The van der Waals surface area contributed by atoms with Crippen molar-refractivity contribution in [3.8, 4) is 0 Å². The fourth-order valence-electron chi connectivity index (χ4n) is 2.52. The Labute approximate surface area is 120 Å². The Kier molecular flexibility index (Phi) is 3.18. The zero-order valence-electron chi connectivity index (χ0n) is 10.9. The number of piperidine rings is 1. The summed E-state index contributed by atoms with van der Waals surface area (Å²) in [4.78, 5) is 6.75. The predicted molar refractivity (Wildman–Crippen MR) is 77.1 cm³/mol. The summed E-state index contributed by atoms with van der Waals surface area (Å²) < 4.78 is 2.77. The molecular formula is C12H17BrN6. The number of hydrogen-bond acceptors (Lipinski definition) is 5. The van der Waals surface area contributed by atoms with Gasteiger partial charge in [0.15, 0.2) is 5.65 Å². The summed E-state index contributed by atoms with van der Waals surface area (Å²) in [5.74, 6) is 0.890. The van der Waals surface area contributed by atoms with Crippen LogP contribution in [0.25, 0.3) is 5.65 Å². The summed E-state index contributed by atoms with van der Waals surface area (Å²) in [6.45, 7) is 4.00. The van der Waals surface area contributed by atoms with Gasteiger partial charge in [-0.15, -0.1) is 10.2 Å². The molecule has 3 heterocycles. The van der Waals surface area contributed by atoms with Gasteiger partial charge in [-0.05, 0) is 35.2 Å². The van der Waals surface area contributed by atoms with E-state index >= 15 is 0 Å². The van der Waals surface area contributed by atoms with Crippen LogP contribution in [0.1, 0.15) is 26.2 Å². The molecule has 0 amide bonds. The predicted octanol–water partition coefficient (Wildman–Crippen LogP) is 1.59. The molecule has 1 aliphatic heterocycles. The van der Waals surface area contributed by atoms with Gasteiger partial charge in [0.2, 0.25) is 5.95 Å². The molecule has 0 aliphatic carbocycles. The molecule has 102 valence electrons. The van der Waals surface area contributed by atoms with Gasteiger partial charge < -0.3 is 10.6 Å². The van der Waals surface area contributed by atoms with Gasteiger partial charge in [-0.2, -0.15) is 0 Å². The molecule has 2 N–H and O–H groups in total. The summed E-state index contributed by atoms with van der Waals surface area (Å²) in [5.41, 5.74) is 7.11. The first-order valence-corrected chi connectivity index (χ1v) is 7.30. The zero-order valence-corrected chi connectivity index (χ0v) is 12.5. The van der Waals surface area contributed by atoms with Crippen molar-refractivity contribution in [2.45, 2.75) is 31.7 Å². The van der Waals surface area contributed by atoms with E-state index in [-0.39, 0.29) is 5.54 Å². The van der Waals surface area contributed by atoms with Crippen molar-refractivity contribution in [1.29, 1.82) is 0 Å². The molecule has 0 spiro atoms. The Balaban J connectivity index is 1.90. The van der Waals surface area contributed by atoms with E-state index < -0.39 is 0 Å². The number of fused-ring (bicyclic) bond motifs is 1. The molecule has 0 aromatic carbocycles. The molecule has 0 unspecified atom stereocenters. The van der Waals surface area contributed by atoms with Crippen LogP contribution in [0.2, 0.25) is 0 Å². The number of aromatic nitrogens is 4. The van der Waals surface area contributed by atoms with Crippen LogP contribution in [0, 0.1) is 0 Å². The lowest BCUT2D eigenvalue weighted by molar-refractivity contribution is 0.321. The first-order valence-electron chi connectivity index (χ1n) is 6.51. The highest BCUT2D eigenvalue weighted by Gasteiger charge is 2.30. The molecule has 0 radical (unpaired) electrons. The average molecular weight is 325 g/mol. The molecule has 3 rings (SSSR count). The summed E-state index contributed by atoms with van der Waals surface area (Å²) in [5, 5.41) is 8.05. The lowest BCUT2D eigenvalue weighted by atomic mass is 9.86. The second-order valence-corrected chi connectivity index (χ2v) is 5.99. The maximum atomic E-state index is 6.33. The third kappa shape index (κ3) is 2.21. The minimum Gasteiger partial charge on any atom is -0.342 e. The van der Waals surface area contributed by atoms with E-state index in [0.29, 0.717) is 0 Å². The monoisotopic (exact) mass is 324 g/mol. The van der Waals surface area contributed by atoms with Gasteiger partial charge in [0.05, 0.1) is 4.47 Å². The highest BCUT2D eigenvalue weighted by Crippen LogP contribution is 2.27. The van der Waals surface area contributed by atoms with E-state index in [9.17, 15) is 0 Å². The van der Waals surface area contributed by atoms with Gasteiger partial charge in [0, 0.05) is 24.8 Å². The highest BCUT2D eigenvalue weighted by atomic mass is 79.9. The molecule has 2 aromatic heterocycles. The number of anilines is 1. The van der Waals surface area contributed by atoms with Crippen LogP contribution in [-0.4, -0.2) is 38.2 Å². The fourth-order valence-corrected chi connectivity index (χ4v) is 2.89. The third-order valence-corrected chi connectivity index (χ3v) is 4.58. The van der Waals surface area contributed by atoms with E-state index in [2.05, 4.69) is 42.9 Å². The first-order chi connectivity index (χ1) is 9.13. The smallest absolute Gasteiger partial charge is 0.212 e. The lowest BCUT2D eigenvalue weighted by Gasteiger charge is -2.39. The van der Waals surface area contributed by atoms with E-state index in [1.165, 1.54) is 0 Å². The number of nitrogens with zero attached hydrogens (tertiary/aromatic N) is 5. The highest BCUT2D eigenvalue weighted by molar-refractivity contribution is 9.10. The molecule has 19 heavy (non-hydrogen) atoms. The lowest BCUT2D eigenvalue weighted by Crippen LogP contribution is -2.50. The standard InChI is InChI=1S/C12H17BrN6/c1-2-12(14)3-5-18(6-4-12)11-15-7-9(13)10-17-16-8-19(10)11/h7-8H,2-6,14H2,1H3. The molecule has 0 atom stereocenters. The second kappa shape index (κ2) is 4.72. The maximum Gasteiger partial charge on any atom is 0.212 e. The Morgan fingerprint density at radius 2 is 2.16 bits per heavy atom. The van der Waals surface area contributed by atoms with Crippen molar-refractivity contribution in [3.05, 3.63) is 17.0 Å². The minimum atomic E-state index is -0.0157. The molecule has 0 bridgehead atoms.